The molecular formula is C18H16N6O2S. The molecule has 1 aromatic carbocycles. The van der Waals surface area contributed by atoms with Gasteiger partial charge in [0.2, 0.25) is 6.79 Å². The van der Waals surface area contributed by atoms with E-state index in [1.165, 1.54) is 16.8 Å². The van der Waals surface area contributed by atoms with Crippen molar-refractivity contribution in [3.05, 3.63) is 46.9 Å². The summed E-state index contributed by atoms with van der Waals surface area (Å²) in [4.78, 5) is 15.5. The van der Waals surface area contributed by atoms with Crippen LogP contribution in [0.2, 0.25) is 0 Å². The quantitative estimate of drug-likeness (QED) is 0.581. The maximum absolute atomic E-state index is 5.46. The van der Waals surface area contributed by atoms with E-state index in [0.717, 1.165) is 33.1 Å². The van der Waals surface area contributed by atoms with Gasteiger partial charge in [-0.2, -0.15) is 19.7 Å². The second kappa shape index (κ2) is 6.20. The largest absolute Gasteiger partial charge is 0.454 e. The Morgan fingerprint density at radius 3 is 2.93 bits per heavy atom. The lowest BCUT2D eigenvalue weighted by atomic mass is 10.2. The summed E-state index contributed by atoms with van der Waals surface area (Å²) in [5.41, 5.74) is 2.27. The van der Waals surface area contributed by atoms with E-state index >= 15 is 0 Å². The van der Waals surface area contributed by atoms with Crippen molar-refractivity contribution >= 4 is 27.4 Å². The Hall–Kier alpha value is -3.20. The highest BCUT2D eigenvalue weighted by Crippen LogP contribution is 2.35. The molecule has 1 aliphatic rings. The first-order valence-corrected chi connectivity index (χ1v) is 9.26. The van der Waals surface area contributed by atoms with Gasteiger partial charge < -0.3 is 14.8 Å². The molecule has 4 heterocycles. The second-order valence-corrected chi connectivity index (χ2v) is 7.42. The summed E-state index contributed by atoms with van der Waals surface area (Å²) in [6.45, 7) is 5.07. The van der Waals surface area contributed by atoms with Gasteiger partial charge in [0.05, 0.1) is 5.39 Å². The van der Waals surface area contributed by atoms with Crippen LogP contribution in [0, 0.1) is 13.8 Å². The SMILES string of the molecule is Cc1sc2nc(-n3cncn3)nc(NCc3ccc4c(c3)OCO4)c2c1C. The van der Waals surface area contributed by atoms with Crippen LogP contribution in [0.1, 0.15) is 16.0 Å². The van der Waals surface area contributed by atoms with E-state index in [1.54, 1.807) is 22.3 Å². The van der Waals surface area contributed by atoms with Crippen molar-refractivity contribution in [3.63, 3.8) is 0 Å². The van der Waals surface area contributed by atoms with Gasteiger partial charge in [-0.25, -0.2) is 4.98 Å². The average molecular weight is 380 g/mol. The number of benzene rings is 1. The molecule has 0 fully saturated rings. The van der Waals surface area contributed by atoms with Crippen molar-refractivity contribution < 1.29 is 9.47 Å². The monoisotopic (exact) mass is 380 g/mol. The van der Waals surface area contributed by atoms with Gasteiger partial charge in [0.1, 0.15) is 23.3 Å². The van der Waals surface area contributed by atoms with Gasteiger partial charge in [-0.3, -0.25) is 0 Å². The Kier molecular flexibility index (Phi) is 3.68. The van der Waals surface area contributed by atoms with Crippen LogP contribution in [0.15, 0.2) is 30.9 Å². The number of nitrogens with one attached hydrogen (secondary N) is 1. The number of hydrogen-bond acceptors (Lipinski definition) is 8. The number of hydrogen-bond donors (Lipinski definition) is 1. The molecule has 3 aromatic heterocycles. The Morgan fingerprint density at radius 2 is 2.07 bits per heavy atom. The van der Waals surface area contributed by atoms with Gasteiger partial charge in [-0.15, -0.1) is 11.3 Å². The fourth-order valence-corrected chi connectivity index (χ4v) is 4.04. The van der Waals surface area contributed by atoms with E-state index in [2.05, 4.69) is 34.2 Å². The Labute approximate surface area is 158 Å². The normalized spacial score (nSPS) is 12.7. The molecule has 0 aliphatic carbocycles. The van der Waals surface area contributed by atoms with Gasteiger partial charge in [-0.05, 0) is 37.1 Å². The van der Waals surface area contributed by atoms with Gasteiger partial charge in [0.25, 0.3) is 5.95 Å². The number of thiophene rings is 1. The summed E-state index contributed by atoms with van der Waals surface area (Å²) in [6.07, 6.45) is 3.06. The van der Waals surface area contributed by atoms with Gasteiger partial charge in [-0.1, -0.05) is 6.07 Å². The molecule has 0 unspecified atom stereocenters. The Bertz CT molecular complexity index is 1140. The van der Waals surface area contributed by atoms with E-state index in [-0.39, 0.29) is 6.79 Å². The number of aromatic nitrogens is 5. The zero-order valence-corrected chi connectivity index (χ0v) is 15.6. The molecule has 0 spiro atoms. The molecule has 0 saturated heterocycles. The van der Waals surface area contributed by atoms with Crippen LogP contribution in [0.25, 0.3) is 16.2 Å². The molecule has 0 amide bonds. The van der Waals surface area contributed by atoms with Crippen molar-refractivity contribution in [1.29, 1.82) is 0 Å². The average Bonchev–Trinajstić information content (AvgIpc) is 3.40. The fourth-order valence-electron chi connectivity index (χ4n) is 3.02. The van der Waals surface area contributed by atoms with Crippen LogP contribution < -0.4 is 14.8 Å². The highest BCUT2D eigenvalue weighted by molar-refractivity contribution is 7.18. The number of ether oxygens (including phenoxy) is 2. The lowest BCUT2D eigenvalue weighted by Gasteiger charge is -2.10. The smallest absolute Gasteiger partial charge is 0.255 e. The summed E-state index contributed by atoms with van der Waals surface area (Å²) in [5.74, 6) is 2.83. The number of rotatable bonds is 4. The van der Waals surface area contributed by atoms with E-state index in [0.29, 0.717) is 12.5 Å². The van der Waals surface area contributed by atoms with Crippen molar-refractivity contribution in [2.45, 2.75) is 20.4 Å². The summed E-state index contributed by atoms with van der Waals surface area (Å²) < 4.78 is 12.4. The van der Waals surface area contributed by atoms with Crippen LogP contribution >= 0.6 is 11.3 Å². The highest BCUT2D eigenvalue weighted by Gasteiger charge is 2.17. The second-order valence-electron chi connectivity index (χ2n) is 6.22. The molecule has 0 bridgehead atoms. The standard InChI is InChI=1S/C18H16N6O2S/c1-10-11(2)27-17-15(10)16(22-18(23-17)24-8-19-7-21-24)20-6-12-3-4-13-14(5-12)26-9-25-13/h3-5,7-8H,6,9H2,1-2H3,(H,20,22,23). The first-order valence-electron chi connectivity index (χ1n) is 8.44. The van der Waals surface area contributed by atoms with Crippen LogP contribution in [0.3, 0.4) is 0 Å². The molecule has 0 radical (unpaired) electrons. The van der Waals surface area contributed by atoms with E-state index in [1.807, 2.05) is 18.2 Å². The molecule has 5 rings (SSSR count). The van der Waals surface area contributed by atoms with E-state index in [9.17, 15) is 0 Å². The third-order valence-electron chi connectivity index (χ3n) is 4.54. The molecule has 1 N–H and O–H groups in total. The van der Waals surface area contributed by atoms with Crippen molar-refractivity contribution in [2.24, 2.45) is 0 Å². The summed E-state index contributed by atoms with van der Waals surface area (Å²) >= 11 is 1.65. The zero-order chi connectivity index (χ0) is 18.4. The Morgan fingerprint density at radius 1 is 1.19 bits per heavy atom. The fraction of sp³-hybridized carbons (Fsp3) is 0.222. The lowest BCUT2D eigenvalue weighted by molar-refractivity contribution is 0.174. The number of aryl methyl sites for hydroxylation is 2. The number of nitrogens with zero attached hydrogens (tertiary/aromatic N) is 5. The third-order valence-corrected chi connectivity index (χ3v) is 5.64. The Balaban J connectivity index is 1.53. The predicted molar refractivity (Wildman–Crippen MR) is 102 cm³/mol. The number of anilines is 1. The van der Waals surface area contributed by atoms with Crippen LogP contribution in [-0.2, 0) is 6.54 Å². The predicted octanol–water partition coefficient (Wildman–Crippen LogP) is 3.23. The van der Waals surface area contributed by atoms with Crippen molar-refractivity contribution in [2.75, 3.05) is 12.1 Å². The highest BCUT2D eigenvalue weighted by atomic mass is 32.1. The topological polar surface area (TPSA) is 87.0 Å². The van der Waals surface area contributed by atoms with Gasteiger partial charge in [0.15, 0.2) is 11.5 Å². The molecule has 0 saturated carbocycles. The summed E-state index contributed by atoms with van der Waals surface area (Å²) in [5, 5.41) is 8.64. The van der Waals surface area contributed by atoms with Crippen molar-refractivity contribution in [3.8, 4) is 17.4 Å². The maximum Gasteiger partial charge on any atom is 0.255 e. The lowest BCUT2D eigenvalue weighted by Crippen LogP contribution is -2.07. The van der Waals surface area contributed by atoms with Crippen LogP contribution in [0.5, 0.6) is 11.5 Å². The molecule has 8 nitrogen and oxygen atoms in total. The zero-order valence-electron chi connectivity index (χ0n) is 14.8. The molecular weight excluding hydrogens is 364 g/mol. The molecule has 9 heteroatoms. The number of fused-ring (bicyclic) bond motifs is 2. The third kappa shape index (κ3) is 2.76. The minimum absolute atomic E-state index is 0.271. The van der Waals surface area contributed by atoms with Gasteiger partial charge in [0, 0.05) is 11.4 Å². The molecule has 0 atom stereocenters. The van der Waals surface area contributed by atoms with Crippen molar-refractivity contribution in [1.82, 2.24) is 24.7 Å². The summed E-state index contributed by atoms with van der Waals surface area (Å²) in [6, 6.07) is 5.93. The van der Waals surface area contributed by atoms with Crippen LogP contribution in [-0.4, -0.2) is 31.5 Å². The van der Waals surface area contributed by atoms with E-state index in [4.69, 9.17) is 14.5 Å². The van der Waals surface area contributed by atoms with Crippen LogP contribution in [0.4, 0.5) is 5.82 Å². The molecule has 1 aliphatic heterocycles. The maximum atomic E-state index is 5.46. The first-order chi connectivity index (χ1) is 13.2. The first kappa shape index (κ1) is 16.0. The van der Waals surface area contributed by atoms with Gasteiger partial charge >= 0.3 is 0 Å². The van der Waals surface area contributed by atoms with E-state index < -0.39 is 0 Å². The minimum Gasteiger partial charge on any atom is -0.454 e. The molecule has 27 heavy (non-hydrogen) atoms. The summed E-state index contributed by atoms with van der Waals surface area (Å²) in [7, 11) is 0. The minimum atomic E-state index is 0.271. The molecule has 4 aromatic rings. The molecule has 136 valence electrons.